The van der Waals surface area contributed by atoms with E-state index in [0.717, 1.165) is 35.5 Å². The number of nitrogens with zero attached hydrogens (tertiary/aromatic N) is 2. The van der Waals surface area contributed by atoms with Crippen molar-refractivity contribution >= 4 is 0 Å². The number of aliphatic hydroxyl groups is 1. The summed E-state index contributed by atoms with van der Waals surface area (Å²) < 4.78 is 5.96. The van der Waals surface area contributed by atoms with Gasteiger partial charge in [0.05, 0.1) is 6.04 Å². The van der Waals surface area contributed by atoms with Crippen LogP contribution in [0.25, 0.3) is 11.1 Å². The highest BCUT2D eigenvalue weighted by molar-refractivity contribution is 5.65. The molecule has 0 spiro atoms. The van der Waals surface area contributed by atoms with Crippen molar-refractivity contribution in [3.05, 3.63) is 48.3 Å². The molecule has 1 aromatic heterocycles. The number of aromatic nitrogens is 1. The normalized spacial score (nSPS) is 24.8. The first-order valence-electron chi connectivity index (χ1n) is 7.92. The van der Waals surface area contributed by atoms with Crippen LogP contribution in [0.15, 0.2) is 42.7 Å². The maximum Gasteiger partial charge on any atom is 0.125 e. The second-order valence-corrected chi connectivity index (χ2v) is 6.06. The highest BCUT2D eigenvalue weighted by Crippen LogP contribution is 2.37. The lowest BCUT2D eigenvalue weighted by Gasteiger charge is -2.36. The zero-order valence-electron chi connectivity index (χ0n) is 12.5. The average molecular weight is 296 g/mol. The molecule has 0 unspecified atom stereocenters. The molecule has 2 aliphatic rings. The molecule has 4 nitrogen and oxygen atoms in total. The van der Waals surface area contributed by atoms with Gasteiger partial charge in [-0.15, -0.1) is 0 Å². The van der Waals surface area contributed by atoms with Gasteiger partial charge in [0, 0.05) is 23.5 Å². The molecule has 114 valence electrons. The van der Waals surface area contributed by atoms with Gasteiger partial charge in [0.2, 0.25) is 0 Å². The van der Waals surface area contributed by atoms with E-state index in [2.05, 4.69) is 9.88 Å². The van der Waals surface area contributed by atoms with Gasteiger partial charge in [-0.1, -0.05) is 18.2 Å². The summed E-state index contributed by atoms with van der Waals surface area (Å²) in [5.74, 6) is 0.796. The molecule has 1 N–H and O–H groups in total. The van der Waals surface area contributed by atoms with Crippen molar-refractivity contribution in [2.75, 3.05) is 19.7 Å². The third-order valence-electron chi connectivity index (χ3n) is 4.71. The molecule has 2 aliphatic heterocycles. The van der Waals surface area contributed by atoms with E-state index in [1.807, 2.05) is 36.5 Å². The first-order chi connectivity index (χ1) is 10.8. The fraction of sp³-hybridized carbons (Fsp3) is 0.389. The lowest BCUT2D eigenvalue weighted by atomic mass is 9.95. The maximum absolute atomic E-state index is 10.7. The van der Waals surface area contributed by atoms with E-state index >= 15 is 0 Å². The SMILES string of the molecule is O[C@@H]1c2ccc(-c3cccnc3)cc2OC[C@H]1N1CCCC1. The first-order valence-corrected chi connectivity index (χ1v) is 7.92. The molecule has 0 bridgehead atoms. The van der Waals surface area contributed by atoms with Crippen LogP contribution in [-0.4, -0.2) is 40.7 Å². The third kappa shape index (κ3) is 2.38. The van der Waals surface area contributed by atoms with Crippen LogP contribution in [0, 0.1) is 0 Å². The van der Waals surface area contributed by atoms with Crippen molar-refractivity contribution < 1.29 is 9.84 Å². The van der Waals surface area contributed by atoms with Crippen molar-refractivity contribution in [2.45, 2.75) is 25.0 Å². The van der Waals surface area contributed by atoms with Crippen LogP contribution in [-0.2, 0) is 0 Å². The van der Waals surface area contributed by atoms with Gasteiger partial charge < -0.3 is 9.84 Å². The summed E-state index contributed by atoms with van der Waals surface area (Å²) in [6.45, 7) is 2.69. The number of hydrogen-bond acceptors (Lipinski definition) is 4. The standard InChI is InChI=1S/C18H20N2O2/c21-18-15-6-5-13(14-4-3-7-19-11-14)10-17(15)22-12-16(18)20-8-1-2-9-20/h3-7,10-11,16,18,21H,1-2,8-9,12H2/t16-,18-/m1/s1. The monoisotopic (exact) mass is 296 g/mol. The molecule has 4 rings (SSSR count). The molecule has 0 aliphatic carbocycles. The van der Waals surface area contributed by atoms with Crippen LogP contribution >= 0.6 is 0 Å². The van der Waals surface area contributed by atoms with E-state index in [-0.39, 0.29) is 6.04 Å². The molecule has 2 aromatic rings. The minimum absolute atomic E-state index is 0.0826. The molecule has 0 radical (unpaired) electrons. The van der Waals surface area contributed by atoms with Gasteiger partial charge in [-0.2, -0.15) is 0 Å². The number of ether oxygens (including phenoxy) is 1. The second kappa shape index (κ2) is 5.71. The fourth-order valence-corrected chi connectivity index (χ4v) is 3.47. The summed E-state index contributed by atoms with van der Waals surface area (Å²) in [6.07, 6.45) is 5.58. The molecule has 0 saturated carbocycles. The minimum Gasteiger partial charge on any atom is -0.491 e. The third-order valence-corrected chi connectivity index (χ3v) is 4.71. The first kappa shape index (κ1) is 13.7. The van der Waals surface area contributed by atoms with Gasteiger partial charge in [0.15, 0.2) is 0 Å². The molecular formula is C18H20N2O2. The fourth-order valence-electron chi connectivity index (χ4n) is 3.47. The van der Waals surface area contributed by atoms with Crippen LogP contribution in [0.2, 0.25) is 0 Å². The minimum atomic E-state index is -0.468. The van der Waals surface area contributed by atoms with Crippen LogP contribution in [0.4, 0.5) is 0 Å². The van der Waals surface area contributed by atoms with Crippen LogP contribution in [0.5, 0.6) is 5.75 Å². The van der Waals surface area contributed by atoms with Crippen molar-refractivity contribution in [1.82, 2.24) is 9.88 Å². The number of pyridine rings is 1. The van der Waals surface area contributed by atoms with Crippen molar-refractivity contribution in [3.8, 4) is 16.9 Å². The summed E-state index contributed by atoms with van der Waals surface area (Å²) in [6, 6.07) is 10.1. The van der Waals surface area contributed by atoms with E-state index < -0.39 is 6.10 Å². The Morgan fingerprint density at radius 3 is 2.77 bits per heavy atom. The molecule has 0 amide bonds. The largest absolute Gasteiger partial charge is 0.491 e. The summed E-state index contributed by atoms with van der Waals surface area (Å²) in [4.78, 5) is 6.51. The smallest absolute Gasteiger partial charge is 0.125 e. The second-order valence-electron chi connectivity index (χ2n) is 6.06. The Labute approximate surface area is 130 Å². The van der Waals surface area contributed by atoms with Crippen molar-refractivity contribution in [3.63, 3.8) is 0 Å². The summed E-state index contributed by atoms with van der Waals surface area (Å²) in [5.41, 5.74) is 3.03. The van der Waals surface area contributed by atoms with Gasteiger partial charge >= 0.3 is 0 Å². The average Bonchev–Trinajstić information content (AvgIpc) is 3.10. The lowest BCUT2D eigenvalue weighted by molar-refractivity contribution is 0.0140. The summed E-state index contributed by atoms with van der Waals surface area (Å²) in [5, 5.41) is 10.7. The summed E-state index contributed by atoms with van der Waals surface area (Å²) >= 11 is 0. The Morgan fingerprint density at radius 2 is 2.00 bits per heavy atom. The quantitative estimate of drug-likeness (QED) is 0.925. The predicted molar refractivity (Wildman–Crippen MR) is 84.7 cm³/mol. The summed E-state index contributed by atoms with van der Waals surface area (Å²) in [7, 11) is 0. The Bertz CT molecular complexity index is 653. The van der Waals surface area contributed by atoms with Crippen molar-refractivity contribution in [2.24, 2.45) is 0 Å². The number of rotatable bonds is 2. The van der Waals surface area contributed by atoms with Gasteiger partial charge in [-0.25, -0.2) is 0 Å². The highest BCUT2D eigenvalue weighted by Gasteiger charge is 2.34. The molecule has 1 aromatic carbocycles. The number of hydrogen-bond donors (Lipinski definition) is 1. The van der Waals surface area contributed by atoms with Crippen LogP contribution in [0.1, 0.15) is 24.5 Å². The zero-order chi connectivity index (χ0) is 14.9. The molecule has 4 heteroatoms. The van der Waals surface area contributed by atoms with Gasteiger partial charge in [0.25, 0.3) is 0 Å². The maximum atomic E-state index is 10.7. The van der Waals surface area contributed by atoms with Crippen molar-refractivity contribution in [1.29, 1.82) is 0 Å². The molecule has 3 heterocycles. The molecular weight excluding hydrogens is 276 g/mol. The van der Waals surface area contributed by atoms with Gasteiger partial charge in [0.1, 0.15) is 18.5 Å². The van der Waals surface area contributed by atoms with E-state index in [9.17, 15) is 5.11 Å². The number of likely N-dealkylation sites (tertiary alicyclic amines) is 1. The predicted octanol–water partition coefficient (Wildman–Crippen LogP) is 2.64. The Hall–Kier alpha value is -1.91. The molecule has 2 atom stereocenters. The number of aliphatic hydroxyl groups excluding tert-OH is 1. The number of fused-ring (bicyclic) bond motifs is 1. The van der Waals surface area contributed by atoms with Crippen LogP contribution in [0.3, 0.4) is 0 Å². The molecule has 1 saturated heterocycles. The topological polar surface area (TPSA) is 45.6 Å². The van der Waals surface area contributed by atoms with Gasteiger partial charge in [-0.3, -0.25) is 9.88 Å². The Morgan fingerprint density at radius 1 is 1.14 bits per heavy atom. The van der Waals surface area contributed by atoms with E-state index in [0.29, 0.717) is 6.61 Å². The molecule has 1 fully saturated rings. The highest BCUT2D eigenvalue weighted by atomic mass is 16.5. The Balaban J connectivity index is 1.63. The van der Waals surface area contributed by atoms with E-state index in [4.69, 9.17) is 4.74 Å². The Kier molecular flexibility index (Phi) is 3.56. The van der Waals surface area contributed by atoms with Gasteiger partial charge in [-0.05, 0) is 43.6 Å². The number of benzene rings is 1. The van der Waals surface area contributed by atoms with E-state index in [1.54, 1.807) is 6.20 Å². The lowest BCUT2D eigenvalue weighted by Crippen LogP contribution is -2.44. The molecule has 22 heavy (non-hydrogen) atoms. The zero-order valence-corrected chi connectivity index (χ0v) is 12.5. The van der Waals surface area contributed by atoms with Crippen LogP contribution < -0.4 is 4.74 Å². The van der Waals surface area contributed by atoms with E-state index in [1.165, 1.54) is 12.8 Å².